The van der Waals surface area contributed by atoms with Gasteiger partial charge in [0.2, 0.25) is 5.91 Å². The molecule has 2 atom stereocenters. The van der Waals surface area contributed by atoms with Crippen molar-refractivity contribution in [3.05, 3.63) is 17.0 Å². The van der Waals surface area contributed by atoms with Crippen molar-refractivity contribution >= 4 is 11.9 Å². The summed E-state index contributed by atoms with van der Waals surface area (Å²) in [5, 5.41) is 22.4. The average molecular weight is 282 g/mol. The van der Waals surface area contributed by atoms with Crippen LogP contribution in [0.4, 0.5) is 0 Å². The third kappa shape index (κ3) is 2.82. The highest BCUT2D eigenvalue weighted by Crippen LogP contribution is 2.21. The molecule has 7 heteroatoms. The van der Waals surface area contributed by atoms with Crippen molar-refractivity contribution < 1.29 is 24.3 Å². The fourth-order valence-corrected chi connectivity index (χ4v) is 2.56. The quantitative estimate of drug-likeness (QED) is 0.821. The molecule has 0 aliphatic carbocycles. The molecule has 0 radical (unpaired) electrons. The molecule has 1 aliphatic heterocycles. The van der Waals surface area contributed by atoms with E-state index in [2.05, 4.69) is 5.16 Å². The number of hydrogen-bond acceptors (Lipinski definition) is 5. The van der Waals surface area contributed by atoms with E-state index in [4.69, 9.17) is 9.63 Å². The second kappa shape index (κ2) is 5.62. The molecule has 1 aliphatic rings. The first-order chi connectivity index (χ1) is 9.40. The number of carboxylic acid groups (broad SMARTS) is 1. The number of aliphatic carboxylic acids is 1. The van der Waals surface area contributed by atoms with Gasteiger partial charge in [-0.2, -0.15) is 0 Å². The number of aryl methyl sites for hydroxylation is 2. The largest absolute Gasteiger partial charge is 0.480 e. The topological polar surface area (TPSA) is 104 Å². The van der Waals surface area contributed by atoms with Crippen LogP contribution in [0.5, 0.6) is 0 Å². The third-order valence-electron chi connectivity index (χ3n) is 3.65. The van der Waals surface area contributed by atoms with Gasteiger partial charge in [-0.05, 0) is 20.3 Å². The van der Waals surface area contributed by atoms with Crippen LogP contribution in [0.1, 0.15) is 29.9 Å². The molecule has 0 saturated carbocycles. The molecular weight excluding hydrogens is 264 g/mol. The van der Waals surface area contributed by atoms with Gasteiger partial charge in [-0.15, -0.1) is 0 Å². The van der Waals surface area contributed by atoms with Crippen LogP contribution in [0.2, 0.25) is 0 Å². The van der Waals surface area contributed by atoms with E-state index in [9.17, 15) is 14.7 Å². The Bertz CT molecular complexity index is 505. The van der Waals surface area contributed by atoms with Crippen LogP contribution >= 0.6 is 0 Å². The number of carboxylic acids is 1. The van der Waals surface area contributed by atoms with Crippen molar-refractivity contribution in [3.63, 3.8) is 0 Å². The maximum atomic E-state index is 12.1. The minimum atomic E-state index is -1.08. The molecule has 1 aromatic heterocycles. The van der Waals surface area contributed by atoms with E-state index in [1.165, 1.54) is 4.90 Å². The lowest BCUT2D eigenvalue weighted by Crippen LogP contribution is -2.40. The number of aromatic nitrogens is 1. The van der Waals surface area contributed by atoms with Crippen molar-refractivity contribution in [1.82, 2.24) is 10.1 Å². The first-order valence-corrected chi connectivity index (χ1v) is 6.52. The zero-order valence-electron chi connectivity index (χ0n) is 11.5. The van der Waals surface area contributed by atoms with Crippen LogP contribution in [0, 0.1) is 13.8 Å². The predicted molar refractivity (Wildman–Crippen MR) is 68.1 cm³/mol. The number of β-amino-alcohol motifs (C(OH)–C–C–N with tert-alkyl or cyclic N) is 1. The fourth-order valence-electron chi connectivity index (χ4n) is 2.56. The summed E-state index contributed by atoms with van der Waals surface area (Å²) in [4.78, 5) is 24.4. The van der Waals surface area contributed by atoms with Crippen molar-refractivity contribution in [2.45, 2.75) is 45.3 Å². The number of likely N-dealkylation sites (tertiary alicyclic amines) is 1. The molecule has 2 unspecified atom stereocenters. The second-order valence-electron chi connectivity index (χ2n) is 5.09. The van der Waals surface area contributed by atoms with Crippen molar-refractivity contribution in [2.24, 2.45) is 0 Å². The molecule has 0 aromatic carbocycles. The summed E-state index contributed by atoms with van der Waals surface area (Å²) in [7, 11) is 0. The molecule has 0 spiro atoms. The molecule has 1 amide bonds. The van der Waals surface area contributed by atoms with Gasteiger partial charge in [-0.25, -0.2) is 4.79 Å². The van der Waals surface area contributed by atoms with Gasteiger partial charge in [0, 0.05) is 24.9 Å². The highest BCUT2D eigenvalue weighted by Gasteiger charge is 2.38. The van der Waals surface area contributed by atoms with E-state index < -0.39 is 18.1 Å². The lowest BCUT2D eigenvalue weighted by atomic mass is 10.1. The zero-order valence-corrected chi connectivity index (χ0v) is 11.5. The Labute approximate surface area is 116 Å². The Morgan fingerprint density at radius 2 is 2.15 bits per heavy atom. The number of aliphatic hydroxyl groups excluding tert-OH is 1. The number of carbonyl (C=O) groups excluding carboxylic acids is 1. The summed E-state index contributed by atoms with van der Waals surface area (Å²) in [5.74, 6) is -0.673. The molecule has 2 rings (SSSR count). The van der Waals surface area contributed by atoms with E-state index in [0.717, 1.165) is 11.3 Å². The summed E-state index contributed by atoms with van der Waals surface area (Å²) >= 11 is 0. The van der Waals surface area contributed by atoms with Gasteiger partial charge < -0.3 is 19.6 Å². The molecule has 1 aromatic rings. The summed E-state index contributed by atoms with van der Waals surface area (Å²) < 4.78 is 5.02. The summed E-state index contributed by atoms with van der Waals surface area (Å²) in [6, 6.07) is -0.929. The second-order valence-corrected chi connectivity index (χ2v) is 5.09. The van der Waals surface area contributed by atoms with Crippen LogP contribution < -0.4 is 0 Å². The van der Waals surface area contributed by atoms with E-state index in [1.807, 2.05) is 0 Å². The molecular formula is C13H18N2O5. The Kier molecular flexibility index (Phi) is 4.08. The molecule has 7 nitrogen and oxygen atoms in total. The molecule has 2 heterocycles. The summed E-state index contributed by atoms with van der Waals surface area (Å²) in [5.41, 5.74) is 1.62. The summed E-state index contributed by atoms with van der Waals surface area (Å²) in [6.07, 6.45) is -0.0378. The zero-order chi connectivity index (χ0) is 14.9. The monoisotopic (exact) mass is 282 g/mol. The van der Waals surface area contributed by atoms with Crippen molar-refractivity contribution in [2.75, 3.05) is 6.54 Å². The maximum absolute atomic E-state index is 12.1. The van der Waals surface area contributed by atoms with Crippen molar-refractivity contribution in [1.29, 1.82) is 0 Å². The minimum Gasteiger partial charge on any atom is -0.480 e. The number of nitrogens with zero attached hydrogens (tertiary/aromatic N) is 2. The van der Waals surface area contributed by atoms with E-state index in [-0.39, 0.29) is 25.3 Å². The van der Waals surface area contributed by atoms with E-state index in [0.29, 0.717) is 12.2 Å². The van der Waals surface area contributed by atoms with Gasteiger partial charge in [-0.1, -0.05) is 5.16 Å². The predicted octanol–water partition coefficient (Wildman–Crippen LogP) is 0.270. The molecule has 20 heavy (non-hydrogen) atoms. The molecule has 110 valence electrons. The Morgan fingerprint density at radius 1 is 1.45 bits per heavy atom. The van der Waals surface area contributed by atoms with Crippen LogP contribution in [-0.4, -0.2) is 50.8 Å². The highest BCUT2D eigenvalue weighted by atomic mass is 16.5. The van der Waals surface area contributed by atoms with Gasteiger partial charge in [0.15, 0.2) is 0 Å². The first kappa shape index (κ1) is 14.5. The molecule has 1 fully saturated rings. The third-order valence-corrected chi connectivity index (χ3v) is 3.65. The van der Waals surface area contributed by atoms with Crippen LogP contribution in [0.25, 0.3) is 0 Å². The average Bonchev–Trinajstić information content (AvgIpc) is 2.91. The van der Waals surface area contributed by atoms with Gasteiger partial charge >= 0.3 is 5.97 Å². The lowest BCUT2D eigenvalue weighted by molar-refractivity contribution is -0.148. The van der Waals surface area contributed by atoms with E-state index >= 15 is 0 Å². The SMILES string of the molecule is Cc1noc(C)c1CCC(=O)N1CC(O)CC1C(=O)O. The van der Waals surface area contributed by atoms with Gasteiger partial charge in [0.1, 0.15) is 11.8 Å². The Balaban J connectivity index is 2.00. The Hall–Kier alpha value is -1.89. The molecule has 0 bridgehead atoms. The highest BCUT2D eigenvalue weighted by molar-refractivity contribution is 5.84. The number of carbonyl (C=O) groups is 2. The number of amides is 1. The van der Waals surface area contributed by atoms with Gasteiger partial charge in [-0.3, -0.25) is 4.79 Å². The van der Waals surface area contributed by atoms with Gasteiger partial charge in [0.05, 0.1) is 11.8 Å². The molecule has 2 N–H and O–H groups in total. The number of rotatable bonds is 4. The Morgan fingerprint density at radius 3 is 2.70 bits per heavy atom. The lowest BCUT2D eigenvalue weighted by Gasteiger charge is -2.21. The first-order valence-electron chi connectivity index (χ1n) is 6.52. The van der Waals surface area contributed by atoms with E-state index in [1.54, 1.807) is 13.8 Å². The number of aliphatic hydroxyl groups is 1. The van der Waals surface area contributed by atoms with Crippen LogP contribution in [0.15, 0.2) is 4.52 Å². The van der Waals surface area contributed by atoms with Crippen molar-refractivity contribution in [3.8, 4) is 0 Å². The standard InChI is InChI=1S/C13H18N2O5/c1-7-10(8(2)20-14-7)3-4-12(17)15-6-9(16)5-11(15)13(18)19/h9,11,16H,3-6H2,1-2H3,(H,18,19). The minimum absolute atomic E-state index is 0.0808. The van der Waals surface area contributed by atoms with Crippen LogP contribution in [-0.2, 0) is 16.0 Å². The molecule has 1 saturated heterocycles. The maximum Gasteiger partial charge on any atom is 0.326 e. The fraction of sp³-hybridized carbons (Fsp3) is 0.615. The normalized spacial score (nSPS) is 22.2. The van der Waals surface area contributed by atoms with Gasteiger partial charge in [0.25, 0.3) is 0 Å². The smallest absolute Gasteiger partial charge is 0.326 e. The van der Waals surface area contributed by atoms with Crippen LogP contribution in [0.3, 0.4) is 0 Å². The number of hydrogen-bond donors (Lipinski definition) is 2. The summed E-state index contributed by atoms with van der Waals surface area (Å²) in [6.45, 7) is 3.66.